The van der Waals surface area contributed by atoms with E-state index in [4.69, 9.17) is 14.1 Å². The minimum atomic E-state index is -0.286. The molecule has 4 rings (SSSR count). The summed E-state index contributed by atoms with van der Waals surface area (Å²) in [6.07, 6.45) is 3.74. The number of ether oxygens (including phenoxy) is 1. The summed E-state index contributed by atoms with van der Waals surface area (Å²) in [6, 6.07) is 21.5. The first kappa shape index (κ1) is 27.7. The van der Waals surface area contributed by atoms with Gasteiger partial charge in [0.25, 0.3) is 0 Å². The van der Waals surface area contributed by atoms with Crippen molar-refractivity contribution in [1.82, 2.24) is 10.3 Å². The first-order chi connectivity index (χ1) is 19.1. The molecule has 0 bridgehead atoms. The number of hydrogen-bond acceptors (Lipinski definition) is 6. The van der Waals surface area contributed by atoms with Gasteiger partial charge in [0, 0.05) is 30.9 Å². The fraction of sp³-hybridized carbons (Fsp3) is 0.323. The summed E-state index contributed by atoms with van der Waals surface area (Å²) in [7, 11) is 0. The third-order valence-corrected chi connectivity index (χ3v) is 6.22. The molecular formula is C31H36N4O4. The molecule has 8 heteroatoms. The number of oxazole rings is 1. The summed E-state index contributed by atoms with van der Waals surface area (Å²) in [5.41, 5.74) is 5.96. The molecular weight excluding hydrogens is 492 g/mol. The number of benzene rings is 3. The molecule has 0 unspecified atom stereocenters. The van der Waals surface area contributed by atoms with Crippen LogP contribution in [0.5, 0.6) is 0 Å². The van der Waals surface area contributed by atoms with E-state index in [9.17, 15) is 9.59 Å². The Morgan fingerprint density at radius 2 is 1.74 bits per heavy atom. The van der Waals surface area contributed by atoms with Crippen molar-refractivity contribution in [3.05, 3.63) is 66.7 Å². The molecule has 1 heterocycles. The zero-order valence-corrected chi connectivity index (χ0v) is 22.6. The minimum Gasteiger partial charge on any atom is -0.466 e. The molecule has 0 radical (unpaired) electrons. The van der Waals surface area contributed by atoms with Gasteiger partial charge in [-0.05, 0) is 67.6 Å². The van der Waals surface area contributed by atoms with E-state index in [0.717, 1.165) is 60.1 Å². The smallest absolute Gasteiger partial charge is 0.319 e. The van der Waals surface area contributed by atoms with Gasteiger partial charge in [-0.2, -0.15) is 0 Å². The fourth-order valence-corrected chi connectivity index (χ4v) is 4.25. The molecule has 0 aliphatic heterocycles. The number of anilines is 2. The fourth-order valence-electron chi connectivity index (χ4n) is 4.25. The highest BCUT2D eigenvalue weighted by Crippen LogP contribution is 2.34. The SMILES string of the molecule is CCCNc1ccc(NC(=O)NCCCCCC(=O)OCC)cc1-c1nc2cc(-c3ccccc3)ccc2o1. The van der Waals surface area contributed by atoms with Gasteiger partial charge in [-0.3, -0.25) is 4.79 Å². The van der Waals surface area contributed by atoms with Crippen LogP contribution in [0.3, 0.4) is 0 Å². The van der Waals surface area contributed by atoms with Gasteiger partial charge in [-0.25, -0.2) is 9.78 Å². The second kappa shape index (κ2) is 14.0. The van der Waals surface area contributed by atoms with E-state index in [1.54, 1.807) is 6.92 Å². The highest BCUT2D eigenvalue weighted by atomic mass is 16.5. The molecule has 4 aromatic rings. The number of rotatable bonds is 13. The van der Waals surface area contributed by atoms with Crippen molar-refractivity contribution in [3.8, 4) is 22.6 Å². The van der Waals surface area contributed by atoms with E-state index in [0.29, 0.717) is 36.7 Å². The Kier molecular flexibility index (Phi) is 9.94. The largest absolute Gasteiger partial charge is 0.466 e. The van der Waals surface area contributed by atoms with Crippen molar-refractivity contribution < 1.29 is 18.7 Å². The Balaban J connectivity index is 1.43. The van der Waals surface area contributed by atoms with Crippen LogP contribution in [0.1, 0.15) is 46.0 Å². The van der Waals surface area contributed by atoms with Crippen LogP contribution in [0.15, 0.2) is 71.1 Å². The van der Waals surface area contributed by atoms with Gasteiger partial charge in [-0.15, -0.1) is 0 Å². The molecule has 0 aliphatic carbocycles. The van der Waals surface area contributed by atoms with Crippen LogP contribution < -0.4 is 16.0 Å². The van der Waals surface area contributed by atoms with Crippen molar-refractivity contribution in [3.63, 3.8) is 0 Å². The number of hydrogen-bond donors (Lipinski definition) is 3. The van der Waals surface area contributed by atoms with Crippen LogP contribution in [0.4, 0.5) is 16.2 Å². The summed E-state index contributed by atoms with van der Waals surface area (Å²) in [5, 5.41) is 9.21. The van der Waals surface area contributed by atoms with Crippen LogP contribution >= 0.6 is 0 Å². The first-order valence-electron chi connectivity index (χ1n) is 13.6. The maximum Gasteiger partial charge on any atom is 0.319 e. The summed E-state index contributed by atoms with van der Waals surface area (Å²) < 4.78 is 11.1. The van der Waals surface area contributed by atoms with Crippen LogP contribution in [-0.4, -0.2) is 36.7 Å². The summed E-state index contributed by atoms with van der Waals surface area (Å²) in [5.74, 6) is 0.311. The van der Waals surface area contributed by atoms with Gasteiger partial charge in [-0.1, -0.05) is 49.7 Å². The van der Waals surface area contributed by atoms with Crippen LogP contribution in [0.25, 0.3) is 33.7 Å². The average Bonchev–Trinajstić information content (AvgIpc) is 3.38. The molecule has 204 valence electrons. The molecule has 0 atom stereocenters. The number of unbranched alkanes of at least 4 members (excludes halogenated alkanes) is 2. The van der Waals surface area contributed by atoms with E-state index >= 15 is 0 Å². The predicted molar refractivity (Wildman–Crippen MR) is 156 cm³/mol. The monoisotopic (exact) mass is 528 g/mol. The quantitative estimate of drug-likeness (QED) is 0.125. The number of nitrogens with one attached hydrogen (secondary N) is 3. The van der Waals surface area contributed by atoms with Gasteiger partial charge < -0.3 is 25.1 Å². The Labute approximate surface area is 229 Å². The normalized spacial score (nSPS) is 10.8. The second-order valence-corrected chi connectivity index (χ2v) is 9.25. The Morgan fingerprint density at radius 3 is 2.54 bits per heavy atom. The lowest BCUT2D eigenvalue weighted by atomic mass is 10.1. The van der Waals surface area contributed by atoms with Crippen molar-refractivity contribution >= 4 is 34.5 Å². The molecule has 0 fully saturated rings. The second-order valence-electron chi connectivity index (χ2n) is 9.25. The molecule has 3 aromatic carbocycles. The number of fused-ring (bicyclic) bond motifs is 1. The van der Waals surface area contributed by atoms with Crippen LogP contribution in [-0.2, 0) is 9.53 Å². The van der Waals surface area contributed by atoms with Crippen molar-refractivity contribution in [1.29, 1.82) is 0 Å². The molecule has 0 saturated heterocycles. The molecule has 1 aromatic heterocycles. The van der Waals surface area contributed by atoms with E-state index in [1.165, 1.54) is 0 Å². The van der Waals surface area contributed by atoms with Crippen molar-refractivity contribution in [2.24, 2.45) is 0 Å². The molecule has 0 aliphatic rings. The number of carbonyl (C=O) groups is 2. The van der Waals surface area contributed by atoms with Gasteiger partial charge in [0.2, 0.25) is 5.89 Å². The maximum absolute atomic E-state index is 12.5. The molecule has 0 spiro atoms. The lowest BCUT2D eigenvalue weighted by molar-refractivity contribution is -0.143. The third-order valence-electron chi connectivity index (χ3n) is 6.22. The number of carbonyl (C=O) groups excluding carboxylic acids is 2. The zero-order valence-electron chi connectivity index (χ0n) is 22.6. The summed E-state index contributed by atoms with van der Waals surface area (Å²) in [4.78, 5) is 28.7. The van der Waals surface area contributed by atoms with E-state index in [2.05, 4.69) is 35.0 Å². The number of amides is 2. The number of nitrogens with zero attached hydrogens (tertiary/aromatic N) is 1. The number of esters is 1. The average molecular weight is 529 g/mol. The zero-order chi connectivity index (χ0) is 27.5. The highest BCUT2D eigenvalue weighted by molar-refractivity contribution is 5.92. The van der Waals surface area contributed by atoms with Gasteiger partial charge >= 0.3 is 12.0 Å². The molecule has 39 heavy (non-hydrogen) atoms. The van der Waals surface area contributed by atoms with E-state index in [-0.39, 0.29) is 12.0 Å². The summed E-state index contributed by atoms with van der Waals surface area (Å²) >= 11 is 0. The maximum atomic E-state index is 12.5. The third kappa shape index (κ3) is 7.83. The highest BCUT2D eigenvalue weighted by Gasteiger charge is 2.15. The lowest BCUT2D eigenvalue weighted by Gasteiger charge is -2.13. The van der Waals surface area contributed by atoms with Gasteiger partial charge in [0.05, 0.1) is 12.2 Å². The van der Waals surface area contributed by atoms with Crippen LogP contribution in [0, 0.1) is 0 Å². The lowest BCUT2D eigenvalue weighted by Crippen LogP contribution is -2.29. The Hall–Kier alpha value is -4.33. The molecule has 8 nitrogen and oxygen atoms in total. The minimum absolute atomic E-state index is 0.175. The van der Waals surface area contributed by atoms with Crippen molar-refractivity contribution in [2.45, 2.75) is 46.0 Å². The van der Waals surface area contributed by atoms with Gasteiger partial charge in [0.15, 0.2) is 5.58 Å². The number of aromatic nitrogens is 1. The Bertz CT molecular complexity index is 1380. The van der Waals surface area contributed by atoms with E-state index < -0.39 is 0 Å². The topological polar surface area (TPSA) is 105 Å². The predicted octanol–water partition coefficient (Wildman–Crippen LogP) is 7.23. The standard InChI is InChI=1S/C31H36N4O4/c1-3-18-32-26-16-15-24(34-31(37)33-19-10-6-9-13-29(36)38-4-2)21-25(26)30-35-27-20-23(14-17-28(27)39-30)22-11-7-5-8-12-22/h5,7-8,11-12,14-17,20-21,32H,3-4,6,9-10,13,18-19H2,1-2H3,(H2,33,34,37). The van der Waals surface area contributed by atoms with Crippen molar-refractivity contribution in [2.75, 3.05) is 30.3 Å². The van der Waals surface area contributed by atoms with E-state index in [1.807, 2.05) is 54.6 Å². The molecule has 2 amide bonds. The number of urea groups is 1. The first-order valence-corrected chi connectivity index (χ1v) is 13.6. The van der Waals surface area contributed by atoms with Crippen LogP contribution in [0.2, 0.25) is 0 Å². The summed E-state index contributed by atoms with van der Waals surface area (Å²) in [6.45, 7) is 5.63. The molecule has 3 N–H and O–H groups in total. The Morgan fingerprint density at radius 1 is 0.897 bits per heavy atom. The molecule has 0 saturated carbocycles. The van der Waals surface area contributed by atoms with Gasteiger partial charge in [0.1, 0.15) is 5.52 Å².